The third-order valence-electron chi connectivity index (χ3n) is 2.95. The van der Waals surface area contributed by atoms with Crippen molar-refractivity contribution in [3.8, 4) is 0 Å². The van der Waals surface area contributed by atoms with Crippen LogP contribution in [0.15, 0.2) is 6.20 Å². The van der Waals surface area contributed by atoms with Gasteiger partial charge in [-0.15, -0.1) is 0 Å². The zero-order valence-corrected chi connectivity index (χ0v) is 10.8. The molecule has 0 aromatic carbocycles. The van der Waals surface area contributed by atoms with Gasteiger partial charge in [0.25, 0.3) is 0 Å². The van der Waals surface area contributed by atoms with Crippen molar-refractivity contribution in [2.75, 3.05) is 36.5 Å². The number of ether oxygens (including phenoxy) is 1. The fourth-order valence-electron chi connectivity index (χ4n) is 1.98. The number of anilines is 2. The number of nitrogens with zero attached hydrogens (tertiary/aromatic N) is 3. The predicted octanol–water partition coefficient (Wildman–Crippen LogP) is 1.66. The molecule has 5 nitrogen and oxygen atoms in total. The zero-order chi connectivity index (χ0) is 13.0. The van der Waals surface area contributed by atoms with Crippen LogP contribution in [0, 0.1) is 5.82 Å². The van der Waals surface area contributed by atoms with Crippen LogP contribution in [0.2, 0.25) is 0 Å². The molecule has 1 N–H and O–H groups in total. The lowest BCUT2D eigenvalue weighted by molar-refractivity contribution is 0.0379. The van der Waals surface area contributed by atoms with Crippen molar-refractivity contribution in [2.45, 2.75) is 26.4 Å². The van der Waals surface area contributed by atoms with Gasteiger partial charge in [-0.1, -0.05) is 6.92 Å². The van der Waals surface area contributed by atoms with Crippen molar-refractivity contribution >= 4 is 11.8 Å². The van der Waals surface area contributed by atoms with E-state index in [0.29, 0.717) is 38.0 Å². The highest BCUT2D eigenvalue weighted by Gasteiger charge is 2.23. The molecule has 1 aliphatic heterocycles. The Bertz CT molecular complexity index is 402. The first-order chi connectivity index (χ1) is 8.74. The second kappa shape index (κ2) is 5.95. The highest BCUT2D eigenvalue weighted by atomic mass is 19.1. The molecule has 1 aromatic heterocycles. The maximum Gasteiger partial charge on any atom is 0.224 e. The van der Waals surface area contributed by atoms with Gasteiger partial charge < -0.3 is 15.0 Å². The van der Waals surface area contributed by atoms with E-state index in [1.807, 2.05) is 11.8 Å². The van der Waals surface area contributed by atoms with E-state index in [1.165, 1.54) is 6.20 Å². The maximum atomic E-state index is 13.8. The van der Waals surface area contributed by atoms with E-state index in [0.717, 1.165) is 6.42 Å². The van der Waals surface area contributed by atoms with Crippen molar-refractivity contribution < 1.29 is 9.13 Å². The number of nitrogens with one attached hydrogen (secondary N) is 1. The first-order valence-corrected chi connectivity index (χ1v) is 6.37. The summed E-state index contributed by atoms with van der Waals surface area (Å²) in [5.41, 5.74) is 0. The number of halogens is 1. The molecule has 0 saturated carbocycles. The molecule has 1 fully saturated rings. The molecule has 1 aromatic rings. The largest absolute Gasteiger partial charge is 0.375 e. The summed E-state index contributed by atoms with van der Waals surface area (Å²) < 4.78 is 19.4. The molecule has 0 bridgehead atoms. The van der Waals surface area contributed by atoms with Crippen molar-refractivity contribution in [2.24, 2.45) is 0 Å². The van der Waals surface area contributed by atoms with Crippen LogP contribution in [-0.4, -0.2) is 42.3 Å². The Morgan fingerprint density at radius 2 is 2.39 bits per heavy atom. The standard InChI is InChI=1S/C12H19FN4O/c1-3-9-8-17(5-6-18-9)11-10(13)7-15-12(16-11)14-4-2/h7,9H,3-6,8H2,1-2H3,(H,14,15,16). The topological polar surface area (TPSA) is 50.3 Å². The Balaban J connectivity index is 2.17. The summed E-state index contributed by atoms with van der Waals surface area (Å²) in [6, 6.07) is 0. The van der Waals surface area contributed by atoms with Crippen LogP contribution in [0.25, 0.3) is 0 Å². The molecule has 1 saturated heterocycles. The minimum atomic E-state index is -0.381. The summed E-state index contributed by atoms with van der Waals surface area (Å²) in [5, 5.41) is 2.99. The van der Waals surface area contributed by atoms with Gasteiger partial charge in [-0.2, -0.15) is 4.98 Å². The van der Waals surface area contributed by atoms with Crippen LogP contribution in [0.3, 0.4) is 0 Å². The fourth-order valence-corrected chi connectivity index (χ4v) is 1.98. The summed E-state index contributed by atoms with van der Waals surface area (Å²) in [5.74, 6) is 0.449. The monoisotopic (exact) mass is 254 g/mol. The molecule has 0 aliphatic carbocycles. The summed E-state index contributed by atoms with van der Waals surface area (Å²) in [6.07, 6.45) is 2.29. The van der Waals surface area contributed by atoms with E-state index < -0.39 is 0 Å². The third kappa shape index (κ3) is 2.87. The van der Waals surface area contributed by atoms with E-state index >= 15 is 0 Å². The van der Waals surface area contributed by atoms with Gasteiger partial charge in [0.2, 0.25) is 5.95 Å². The second-order valence-electron chi connectivity index (χ2n) is 4.24. The Morgan fingerprint density at radius 1 is 1.56 bits per heavy atom. The molecule has 2 rings (SSSR count). The first-order valence-electron chi connectivity index (χ1n) is 6.37. The molecule has 1 atom stereocenters. The molecule has 0 amide bonds. The molecular formula is C12H19FN4O. The highest BCUT2D eigenvalue weighted by molar-refractivity contribution is 5.44. The number of hydrogen-bond donors (Lipinski definition) is 1. The lowest BCUT2D eigenvalue weighted by atomic mass is 10.2. The molecule has 1 unspecified atom stereocenters. The SMILES string of the molecule is CCNc1ncc(F)c(N2CCOC(CC)C2)n1. The molecule has 6 heteroatoms. The van der Waals surface area contributed by atoms with E-state index in [4.69, 9.17) is 4.74 Å². The van der Waals surface area contributed by atoms with Gasteiger partial charge in [0, 0.05) is 19.6 Å². The fraction of sp³-hybridized carbons (Fsp3) is 0.667. The second-order valence-corrected chi connectivity index (χ2v) is 4.24. The van der Waals surface area contributed by atoms with Gasteiger partial charge in [-0.3, -0.25) is 0 Å². The van der Waals surface area contributed by atoms with Gasteiger partial charge in [0.05, 0.1) is 18.9 Å². The van der Waals surface area contributed by atoms with Crippen LogP contribution >= 0.6 is 0 Å². The van der Waals surface area contributed by atoms with Gasteiger partial charge in [-0.25, -0.2) is 9.37 Å². The summed E-state index contributed by atoms with van der Waals surface area (Å²) in [6.45, 7) is 6.68. The number of morpholine rings is 1. The van der Waals surface area contributed by atoms with Crippen LogP contribution in [0.5, 0.6) is 0 Å². The Labute approximate surface area is 106 Å². The number of aromatic nitrogens is 2. The van der Waals surface area contributed by atoms with Gasteiger partial charge in [-0.05, 0) is 13.3 Å². The molecule has 1 aliphatic rings. The Morgan fingerprint density at radius 3 is 3.11 bits per heavy atom. The first kappa shape index (κ1) is 13.0. The van der Waals surface area contributed by atoms with Gasteiger partial charge in [0.15, 0.2) is 11.6 Å². The Hall–Kier alpha value is -1.43. The average molecular weight is 254 g/mol. The quantitative estimate of drug-likeness (QED) is 0.885. The van der Waals surface area contributed by atoms with Crippen molar-refractivity contribution in [3.63, 3.8) is 0 Å². The van der Waals surface area contributed by atoms with Crippen LogP contribution in [0.4, 0.5) is 16.2 Å². The minimum Gasteiger partial charge on any atom is -0.375 e. The van der Waals surface area contributed by atoms with E-state index in [2.05, 4.69) is 22.2 Å². The molecular weight excluding hydrogens is 235 g/mol. The van der Waals surface area contributed by atoms with E-state index in [1.54, 1.807) is 0 Å². The predicted molar refractivity (Wildman–Crippen MR) is 68.4 cm³/mol. The number of rotatable bonds is 4. The summed E-state index contributed by atoms with van der Waals surface area (Å²) >= 11 is 0. The van der Waals surface area contributed by atoms with Crippen molar-refractivity contribution in [1.29, 1.82) is 0 Å². The Kier molecular flexibility index (Phi) is 4.30. The van der Waals surface area contributed by atoms with Crippen LogP contribution in [0.1, 0.15) is 20.3 Å². The van der Waals surface area contributed by atoms with E-state index in [-0.39, 0.29) is 11.9 Å². The molecule has 0 radical (unpaired) electrons. The molecule has 2 heterocycles. The smallest absolute Gasteiger partial charge is 0.224 e. The lowest BCUT2D eigenvalue weighted by Crippen LogP contribution is -2.43. The number of hydrogen-bond acceptors (Lipinski definition) is 5. The average Bonchev–Trinajstić information content (AvgIpc) is 2.41. The molecule has 0 spiro atoms. The van der Waals surface area contributed by atoms with Crippen LogP contribution in [-0.2, 0) is 4.74 Å². The maximum absolute atomic E-state index is 13.8. The normalized spacial score (nSPS) is 19.9. The summed E-state index contributed by atoms with van der Waals surface area (Å²) in [4.78, 5) is 10.1. The van der Waals surface area contributed by atoms with Gasteiger partial charge in [0.1, 0.15) is 0 Å². The molecule has 100 valence electrons. The van der Waals surface area contributed by atoms with E-state index in [9.17, 15) is 4.39 Å². The third-order valence-corrected chi connectivity index (χ3v) is 2.95. The molecule has 18 heavy (non-hydrogen) atoms. The lowest BCUT2D eigenvalue weighted by Gasteiger charge is -2.33. The van der Waals surface area contributed by atoms with Crippen molar-refractivity contribution in [3.05, 3.63) is 12.0 Å². The minimum absolute atomic E-state index is 0.149. The van der Waals surface area contributed by atoms with Crippen LogP contribution < -0.4 is 10.2 Å². The van der Waals surface area contributed by atoms with Crippen molar-refractivity contribution in [1.82, 2.24) is 9.97 Å². The van der Waals surface area contributed by atoms with Gasteiger partial charge >= 0.3 is 0 Å². The summed E-state index contributed by atoms with van der Waals surface area (Å²) in [7, 11) is 0. The highest BCUT2D eigenvalue weighted by Crippen LogP contribution is 2.20. The zero-order valence-electron chi connectivity index (χ0n) is 10.8.